The number of hydrogen-bond donors (Lipinski definition) is 1. The molecule has 3 nitrogen and oxygen atoms in total. The predicted molar refractivity (Wildman–Crippen MR) is 84.7 cm³/mol. The van der Waals surface area contributed by atoms with Gasteiger partial charge in [-0.05, 0) is 31.2 Å². The van der Waals surface area contributed by atoms with E-state index in [-0.39, 0.29) is 12.0 Å². The number of carbonyl (C=O) groups excluding carboxylic acids is 1. The molecule has 2 aliphatic rings. The van der Waals surface area contributed by atoms with E-state index in [0.29, 0.717) is 23.9 Å². The molecule has 1 heterocycles. The third kappa shape index (κ3) is 3.71. The second kappa shape index (κ2) is 6.95. The van der Waals surface area contributed by atoms with Crippen LogP contribution in [0.1, 0.15) is 38.2 Å². The minimum atomic E-state index is -0.804. The molecule has 3 rings (SSSR count). The molecule has 0 aromatic heterocycles. The lowest BCUT2D eigenvalue weighted by molar-refractivity contribution is -0.134. The zero-order valence-electron chi connectivity index (χ0n) is 13.5. The number of nitrogens with one attached hydrogen (secondary N) is 1. The van der Waals surface area contributed by atoms with Gasteiger partial charge in [0.25, 0.3) is 0 Å². The van der Waals surface area contributed by atoms with Crippen molar-refractivity contribution in [3.8, 4) is 0 Å². The predicted octanol–water partition coefficient (Wildman–Crippen LogP) is 3.09. The van der Waals surface area contributed by atoms with Crippen LogP contribution in [-0.4, -0.2) is 29.9 Å². The van der Waals surface area contributed by atoms with Gasteiger partial charge in [0.2, 0.25) is 5.91 Å². The molecule has 0 bridgehead atoms. The van der Waals surface area contributed by atoms with Gasteiger partial charge >= 0.3 is 0 Å². The number of hydrogen-bond acceptors (Lipinski definition) is 2. The van der Waals surface area contributed by atoms with Crippen LogP contribution >= 0.6 is 0 Å². The molecule has 0 unspecified atom stereocenters. The Balaban J connectivity index is 1.57. The van der Waals surface area contributed by atoms with Gasteiger partial charge in [0.05, 0.1) is 0 Å². The van der Waals surface area contributed by atoms with Gasteiger partial charge < -0.3 is 10.2 Å². The van der Waals surface area contributed by atoms with Gasteiger partial charge in [0, 0.05) is 37.2 Å². The molecule has 1 aliphatic heterocycles. The van der Waals surface area contributed by atoms with Crippen molar-refractivity contribution in [1.82, 2.24) is 10.2 Å². The van der Waals surface area contributed by atoms with Gasteiger partial charge in [-0.25, -0.2) is 8.78 Å². The van der Waals surface area contributed by atoms with Crippen LogP contribution in [-0.2, 0) is 11.3 Å². The molecule has 1 saturated carbocycles. The number of benzene rings is 1. The maximum atomic E-state index is 13.7. The van der Waals surface area contributed by atoms with Crippen LogP contribution in [0.15, 0.2) is 18.2 Å². The van der Waals surface area contributed by atoms with E-state index in [1.807, 2.05) is 4.90 Å². The first-order valence-electron chi connectivity index (χ1n) is 8.55. The van der Waals surface area contributed by atoms with E-state index in [1.165, 1.54) is 6.07 Å². The minimum absolute atomic E-state index is 0.242. The number of rotatable bonds is 5. The van der Waals surface area contributed by atoms with Crippen LogP contribution in [0.25, 0.3) is 0 Å². The Bertz CT molecular complexity index is 574. The highest BCUT2D eigenvalue weighted by Gasteiger charge is 2.37. The molecule has 1 aromatic rings. The summed E-state index contributed by atoms with van der Waals surface area (Å²) in [6.07, 6.45) is 3.91. The van der Waals surface area contributed by atoms with Crippen molar-refractivity contribution in [2.45, 2.75) is 45.2 Å². The van der Waals surface area contributed by atoms with E-state index in [0.717, 1.165) is 44.8 Å². The lowest BCUT2D eigenvalue weighted by atomic mass is 9.89. The van der Waals surface area contributed by atoms with E-state index >= 15 is 0 Å². The first-order valence-corrected chi connectivity index (χ1v) is 8.55. The number of amides is 1. The van der Waals surface area contributed by atoms with Crippen molar-refractivity contribution in [2.75, 3.05) is 13.1 Å². The molecule has 126 valence electrons. The summed E-state index contributed by atoms with van der Waals surface area (Å²) < 4.78 is 27.0. The first kappa shape index (κ1) is 16.4. The Morgan fingerprint density at radius 1 is 1.30 bits per heavy atom. The Kier molecular flexibility index (Phi) is 4.95. The highest BCUT2D eigenvalue weighted by Crippen LogP contribution is 2.33. The molecular weight excluding hydrogens is 298 g/mol. The second-order valence-electron chi connectivity index (χ2n) is 6.72. The summed E-state index contributed by atoms with van der Waals surface area (Å²) >= 11 is 0. The van der Waals surface area contributed by atoms with Gasteiger partial charge in [0.15, 0.2) is 11.6 Å². The normalized spacial score (nSPS) is 24.7. The maximum Gasteiger partial charge on any atom is 0.225 e. The molecule has 1 N–H and O–H groups in total. The third-order valence-corrected chi connectivity index (χ3v) is 5.08. The average Bonchev–Trinajstić information content (AvgIpc) is 3.40. The van der Waals surface area contributed by atoms with Crippen molar-refractivity contribution in [3.05, 3.63) is 35.4 Å². The van der Waals surface area contributed by atoms with Crippen molar-refractivity contribution < 1.29 is 13.6 Å². The number of nitrogens with zero attached hydrogens (tertiary/aromatic N) is 1. The molecule has 1 aliphatic carbocycles. The number of halogens is 2. The molecule has 23 heavy (non-hydrogen) atoms. The van der Waals surface area contributed by atoms with Crippen LogP contribution in [0.3, 0.4) is 0 Å². The fourth-order valence-electron chi connectivity index (χ4n) is 3.43. The zero-order chi connectivity index (χ0) is 16.4. The summed E-state index contributed by atoms with van der Waals surface area (Å²) in [6.45, 7) is 3.97. The van der Waals surface area contributed by atoms with Gasteiger partial charge in [-0.3, -0.25) is 4.79 Å². The monoisotopic (exact) mass is 322 g/mol. The molecular formula is C18H24F2N2O. The van der Waals surface area contributed by atoms with Crippen LogP contribution < -0.4 is 5.32 Å². The van der Waals surface area contributed by atoms with Gasteiger partial charge in [0.1, 0.15) is 0 Å². The van der Waals surface area contributed by atoms with Crippen LogP contribution in [0.2, 0.25) is 0 Å². The number of carbonyl (C=O) groups is 1. The molecule has 2 fully saturated rings. The van der Waals surface area contributed by atoms with Crippen LogP contribution in [0.5, 0.6) is 0 Å². The molecule has 1 amide bonds. The van der Waals surface area contributed by atoms with Crippen LogP contribution in [0.4, 0.5) is 8.78 Å². The molecule has 1 aromatic carbocycles. The molecule has 2 atom stereocenters. The van der Waals surface area contributed by atoms with Gasteiger partial charge in [-0.2, -0.15) is 0 Å². The summed E-state index contributed by atoms with van der Waals surface area (Å²) in [5, 5.41) is 3.37. The van der Waals surface area contributed by atoms with Crippen molar-refractivity contribution in [2.24, 2.45) is 11.8 Å². The Morgan fingerprint density at radius 2 is 2.09 bits per heavy atom. The highest BCUT2D eigenvalue weighted by molar-refractivity contribution is 5.81. The summed E-state index contributed by atoms with van der Waals surface area (Å²) in [5.74, 6) is -0.643. The standard InChI is InChI=1S/C18H24F2N2O/c1-2-12-11-22(18(23)13-6-7-13)9-8-16(12)21-10-14-4-3-5-15(19)17(14)20/h3-5,12-13,16,21H,2,6-11H2,1H3/t12-,16+/m1/s1. The fraction of sp³-hybridized carbons (Fsp3) is 0.611. The lowest BCUT2D eigenvalue weighted by Crippen LogP contribution is -2.51. The maximum absolute atomic E-state index is 13.7. The molecule has 0 spiro atoms. The summed E-state index contributed by atoms with van der Waals surface area (Å²) in [4.78, 5) is 14.2. The minimum Gasteiger partial charge on any atom is -0.342 e. The van der Waals surface area contributed by atoms with E-state index in [9.17, 15) is 13.6 Å². The Morgan fingerprint density at radius 3 is 2.78 bits per heavy atom. The van der Waals surface area contributed by atoms with Crippen LogP contribution in [0, 0.1) is 23.5 Å². The van der Waals surface area contributed by atoms with Gasteiger partial charge in [-0.1, -0.05) is 25.5 Å². The quantitative estimate of drug-likeness (QED) is 0.903. The SMILES string of the molecule is CC[C@@H]1CN(C(=O)C2CC2)CC[C@@H]1NCc1cccc(F)c1F. The number of piperidine rings is 1. The first-order chi connectivity index (χ1) is 11.1. The Hall–Kier alpha value is -1.49. The van der Waals surface area contributed by atoms with Crippen molar-refractivity contribution >= 4 is 5.91 Å². The van der Waals surface area contributed by atoms with Crippen molar-refractivity contribution in [1.29, 1.82) is 0 Å². The largest absolute Gasteiger partial charge is 0.342 e. The summed E-state index contributed by atoms with van der Waals surface area (Å²) in [6, 6.07) is 4.52. The second-order valence-corrected chi connectivity index (χ2v) is 6.72. The summed E-state index contributed by atoms with van der Waals surface area (Å²) in [7, 11) is 0. The molecule has 1 saturated heterocycles. The lowest BCUT2D eigenvalue weighted by Gasteiger charge is -2.39. The van der Waals surface area contributed by atoms with E-state index in [2.05, 4.69) is 12.2 Å². The van der Waals surface area contributed by atoms with E-state index < -0.39 is 11.6 Å². The smallest absolute Gasteiger partial charge is 0.225 e. The highest BCUT2D eigenvalue weighted by atomic mass is 19.2. The molecule has 5 heteroatoms. The van der Waals surface area contributed by atoms with Crippen molar-refractivity contribution in [3.63, 3.8) is 0 Å². The average molecular weight is 322 g/mol. The zero-order valence-corrected chi connectivity index (χ0v) is 13.5. The Labute approximate surface area is 136 Å². The fourth-order valence-corrected chi connectivity index (χ4v) is 3.43. The third-order valence-electron chi connectivity index (χ3n) is 5.08. The topological polar surface area (TPSA) is 32.3 Å². The molecule has 0 radical (unpaired) electrons. The summed E-state index contributed by atoms with van der Waals surface area (Å²) in [5.41, 5.74) is 0.358. The number of likely N-dealkylation sites (tertiary alicyclic amines) is 1. The van der Waals surface area contributed by atoms with E-state index in [1.54, 1.807) is 6.07 Å². The van der Waals surface area contributed by atoms with Gasteiger partial charge in [-0.15, -0.1) is 0 Å². The van der Waals surface area contributed by atoms with E-state index in [4.69, 9.17) is 0 Å².